The smallest absolute Gasteiger partial charge is 0.340 e. The molecule has 1 N–H and O–H groups in total. The molecular formula is C18H24ClNO5S. The number of rotatable bonds is 5. The molecule has 1 aromatic rings. The maximum absolute atomic E-state index is 12.2. The second kappa shape index (κ2) is 8.39. The zero-order chi connectivity index (χ0) is 19.5. The number of ether oxygens (including phenoxy) is 1. The molecule has 26 heavy (non-hydrogen) atoms. The summed E-state index contributed by atoms with van der Waals surface area (Å²) in [6, 6.07) is 3.86. The van der Waals surface area contributed by atoms with E-state index in [1.54, 1.807) is 0 Å². The van der Waals surface area contributed by atoms with Crippen LogP contribution in [0.25, 0.3) is 0 Å². The van der Waals surface area contributed by atoms with Crippen LogP contribution in [0.3, 0.4) is 0 Å². The zero-order valence-electron chi connectivity index (χ0n) is 15.1. The minimum absolute atomic E-state index is 0.0386. The zero-order valence-corrected chi connectivity index (χ0v) is 16.7. The van der Waals surface area contributed by atoms with Crippen LogP contribution in [0.2, 0.25) is 5.02 Å². The first-order chi connectivity index (χ1) is 12.1. The summed E-state index contributed by atoms with van der Waals surface area (Å²) in [5.74, 6) is -0.307. The number of amides is 1. The lowest BCUT2D eigenvalue weighted by atomic mass is 9.78. The number of nitrogens with one attached hydrogen (secondary N) is 1. The number of carbonyl (C=O) groups is 2. The van der Waals surface area contributed by atoms with Crippen molar-refractivity contribution >= 4 is 33.3 Å². The molecule has 1 aromatic carbocycles. The molecule has 0 saturated heterocycles. The molecule has 1 saturated carbocycles. The number of hydrogen-bond acceptors (Lipinski definition) is 5. The average Bonchev–Trinajstić information content (AvgIpc) is 2.56. The SMILES string of the molecule is C[C@@H]1[C@H](C)CCC[C@@H]1NC(=O)COC(=O)c1cc(S(C)(=O)=O)ccc1Cl. The second-order valence-electron chi connectivity index (χ2n) is 6.93. The van der Waals surface area contributed by atoms with Crippen molar-refractivity contribution in [2.45, 2.75) is 44.0 Å². The van der Waals surface area contributed by atoms with E-state index in [0.717, 1.165) is 31.6 Å². The second-order valence-corrected chi connectivity index (χ2v) is 9.35. The lowest BCUT2D eigenvalue weighted by molar-refractivity contribution is -0.125. The van der Waals surface area contributed by atoms with Crippen LogP contribution in [0.1, 0.15) is 43.5 Å². The fraction of sp³-hybridized carbons (Fsp3) is 0.556. The molecule has 0 heterocycles. The van der Waals surface area contributed by atoms with E-state index >= 15 is 0 Å². The van der Waals surface area contributed by atoms with Gasteiger partial charge in [0.25, 0.3) is 5.91 Å². The molecule has 1 aliphatic rings. The quantitative estimate of drug-likeness (QED) is 0.766. The molecule has 2 rings (SSSR count). The van der Waals surface area contributed by atoms with Gasteiger partial charge >= 0.3 is 5.97 Å². The van der Waals surface area contributed by atoms with Crippen LogP contribution in [-0.4, -0.2) is 39.2 Å². The van der Waals surface area contributed by atoms with Crippen LogP contribution in [0.5, 0.6) is 0 Å². The van der Waals surface area contributed by atoms with E-state index in [9.17, 15) is 18.0 Å². The van der Waals surface area contributed by atoms with E-state index in [4.69, 9.17) is 16.3 Å². The highest BCUT2D eigenvalue weighted by molar-refractivity contribution is 7.90. The largest absolute Gasteiger partial charge is 0.452 e. The molecule has 1 amide bonds. The maximum atomic E-state index is 12.2. The lowest BCUT2D eigenvalue weighted by Crippen LogP contribution is -2.45. The Bertz CT molecular complexity index is 793. The normalized spacial score (nSPS) is 23.3. The van der Waals surface area contributed by atoms with E-state index in [1.807, 2.05) is 0 Å². The van der Waals surface area contributed by atoms with Gasteiger partial charge in [0.15, 0.2) is 16.4 Å². The number of carbonyl (C=O) groups excluding carboxylic acids is 2. The Labute approximate surface area is 159 Å². The molecule has 1 fully saturated rings. The van der Waals surface area contributed by atoms with Gasteiger partial charge in [-0.25, -0.2) is 13.2 Å². The molecule has 0 radical (unpaired) electrons. The Kier molecular flexibility index (Phi) is 6.69. The summed E-state index contributed by atoms with van der Waals surface area (Å²) in [6.07, 6.45) is 4.15. The molecule has 0 spiro atoms. The molecule has 3 atom stereocenters. The Hall–Kier alpha value is -1.60. The third-order valence-electron chi connectivity index (χ3n) is 4.97. The van der Waals surface area contributed by atoms with E-state index in [2.05, 4.69) is 19.2 Å². The van der Waals surface area contributed by atoms with Crippen LogP contribution in [0, 0.1) is 11.8 Å². The van der Waals surface area contributed by atoms with Gasteiger partial charge in [0.05, 0.1) is 15.5 Å². The summed E-state index contributed by atoms with van der Waals surface area (Å²) < 4.78 is 28.2. The molecule has 0 bridgehead atoms. The first-order valence-corrected chi connectivity index (χ1v) is 10.8. The fourth-order valence-electron chi connectivity index (χ4n) is 3.13. The molecule has 8 heteroatoms. The lowest BCUT2D eigenvalue weighted by Gasteiger charge is -2.34. The van der Waals surface area contributed by atoms with Crippen LogP contribution < -0.4 is 5.32 Å². The van der Waals surface area contributed by atoms with Gasteiger partial charge in [0.2, 0.25) is 0 Å². The standard InChI is InChI=1S/C18H24ClNO5S/c1-11-5-4-6-16(12(11)2)20-17(21)10-25-18(22)14-9-13(26(3,23)24)7-8-15(14)19/h7-9,11-12,16H,4-6,10H2,1-3H3,(H,20,21)/t11-,12-,16+/m1/s1. The Morgan fingerprint density at radius 3 is 2.62 bits per heavy atom. The average molecular weight is 402 g/mol. The van der Waals surface area contributed by atoms with E-state index in [-0.39, 0.29) is 27.4 Å². The summed E-state index contributed by atoms with van der Waals surface area (Å²) in [5, 5.41) is 2.98. The Morgan fingerprint density at radius 2 is 1.96 bits per heavy atom. The molecule has 6 nitrogen and oxygen atoms in total. The fourth-order valence-corrected chi connectivity index (χ4v) is 3.98. The molecule has 0 aliphatic heterocycles. The van der Waals surface area contributed by atoms with Crippen LogP contribution in [-0.2, 0) is 19.4 Å². The Balaban J connectivity index is 1.97. The van der Waals surface area contributed by atoms with E-state index in [0.29, 0.717) is 11.8 Å². The Morgan fingerprint density at radius 1 is 1.27 bits per heavy atom. The van der Waals surface area contributed by atoms with Crippen molar-refractivity contribution in [2.24, 2.45) is 11.8 Å². The number of hydrogen-bond donors (Lipinski definition) is 1. The van der Waals surface area contributed by atoms with Gasteiger partial charge < -0.3 is 10.1 Å². The van der Waals surface area contributed by atoms with Crippen molar-refractivity contribution < 1.29 is 22.7 Å². The molecule has 1 aliphatic carbocycles. The monoisotopic (exact) mass is 401 g/mol. The molecular weight excluding hydrogens is 378 g/mol. The number of halogens is 1. The number of sulfone groups is 1. The third kappa shape index (κ3) is 5.20. The first-order valence-electron chi connectivity index (χ1n) is 8.55. The van der Waals surface area contributed by atoms with Crippen LogP contribution in [0.15, 0.2) is 23.1 Å². The van der Waals surface area contributed by atoms with E-state index in [1.165, 1.54) is 12.1 Å². The first kappa shape index (κ1) is 20.7. The van der Waals surface area contributed by atoms with Gasteiger partial charge in [-0.05, 0) is 36.5 Å². The third-order valence-corrected chi connectivity index (χ3v) is 6.41. The highest BCUT2D eigenvalue weighted by atomic mass is 35.5. The maximum Gasteiger partial charge on any atom is 0.340 e. The van der Waals surface area contributed by atoms with Crippen LogP contribution >= 0.6 is 11.6 Å². The summed E-state index contributed by atoms with van der Waals surface area (Å²) in [7, 11) is -3.48. The predicted molar refractivity (Wildman–Crippen MR) is 99.0 cm³/mol. The van der Waals surface area contributed by atoms with Crippen molar-refractivity contribution in [3.8, 4) is 0 Å². The van der Waals surface area contributed by atoms with Gasteiger partial charge in [-0.3, -0.25) is 4.79 Å². The van der Waals surface area contributed by atoms with Gasteiger partial charge in [-0.1, -0.05) is 38.3 Å². The summed E-state index contributed by atoms with van der Waals surface area (Å²) in [5.41, 5.74) is -0.0814. The van der Waals surface area contributed by atoms with Crippen molar-refractivity contribution in [1.29, 1.82) is 0 Å². The number of benzene rings is 1. The molecule has 0 aromatic heterocycles. The van der Waals surface area contributed by atoms with E-state index < -0.39 is 22.4 Å². The summed E-state index contributed by atoms with van der Waals surface area (Å²) in [4.78, 5) is 24.2. The van der Waals surface area contributed by atoms with Gasteiger partial charge in [0, 0.05) is 12.3 Å². The molecule has 0 unspecified atom stereocenters. The van der Waals surface area contributed by atoms with Crippen molar-refractivity contribution in [3.05, 3.63) is 28.8 Å². The van der Waals surface area contributed by atoms with Crippen LogP contribution in [0.4, 0.5) is 0 Å². The topological polar surface area (TPSA) is 89.5 Å². The van der Waals surface area contributed by atoms with Crippen molar-refractivity contribution in [2.75, 3.05) is 12.9 Å². The minimum Gasteiger partial charge on any atom is -0.452 e. The van der Waals surface area contributed by atoms with Crippen molar-refractivity contribution in [3.63, 3.8) is 0 Å². The highest BCUT2D eigenvalue weighted by Crippen LogP contribution is 2.29. The number of esters is 1. The highest BCUT2D eigenvalue weighted by Gasteiger charge is 2.28. The van der Waals surface area contributed by atoms with Gasteiger partial charge in [-0.15, -0.1) is 0 Å². The minimum atomic E-state index is -3.48. The summed E-state index contributed by atoms with van der Waals surface area (Å²) in [6.45, 7) is 3.84. The predicted octanol–water partition coefficient (Wildman–Crippen LogP) is 2.84. The van der Waals surface area contributed by atoms with Crippen molar-refractivity contribution in [1.82, 2.24) is 5.32 Å². The molecule has 144 valence electrons. The van der Waals surface area contributed by atoms with Gasteiger partial charge in [-0.2, -0.15) is 0 Å². The summed E-state index contributed by atoms with van der Waals surface area (Å²) >= 11 is 5.95. The van der Waals surface area contributed by atoms with Gasteiger partial charge in [0.1, 0.15) is 0 Å².